The van der Waals surface area contributed by atoms with Gasteiger partial charge in [-0.1, -0.05) is 30.9 Å². The average molecular weight is 247 g/mol. The molecular formula is C10H17NO2S2. The Labute approximate surface area is 101 Å². The zero-order valence-electron chi connectivity index (χ0n) is 9.19. The van der Waals surface area contributed by atoms with E-state index in [-0.39, 0.29) is 5.97 Å². The van der Waals surface area contributed by atoms with Crippen molar-refractivity contribution in [3.8, 4) is 0 Å². The van der Waals surface area contributed by atoms with Crippen molar-refractivity contribution in [1.82, 2.24) is 4.90 Å². The predicted octanol–water partition coefficient (Wildman–Crippen LogP) is 1.91. The average Bonchev–Trinajstić information content (AvgIpc) is 2.25. The van der Waals surface area contributed by atoms with Crippen LogP contribution in [0.15, 0.2) is 0 Å². The first-order valence-corrected chi connectivity index (χ1v) is 6.51. The number of methoxy groups -OCH3 is 1. The second-order valence-electron chi connectivity index (χ2n) is 3.82. The van der Waals surface area contributed by atoms with E-state index in [4.69, 9.17) is 12.2 Å². The third kappa shape index (κ3) is 4.38. The number of ether oxygens (including phenoxy) is 1. The number of thioether (sulfide) groups is 1. The molecule has 0 radical (unpaired) electrons. The number of piperidine rings is 1. The minimum absolute atomic E-state index is 0.215. The van der Waals surface area contributed by atoms with E-state index in [1.54, 1.807) is 0 Å². The van der Waals surface area contributed by atoms with Crippen molar-refractivity contribution < 1.29 is 9.53 Å². The minimum atomic E-state index is -0.215. The molecule has 0 aromatic carbocycles. The van der Waals surface area contributed by atoms with Gasteiger partial charge in [0.05, 0.1) is 12.9 Å². The summed E-state index contributed by atoms with van der Waals surface area (Å²) in [5.74, 6) is 0.808. The number of hydrogen-bond donors (Lipinski definition) is 0. The molecule has 1 saturated heterocycles. The smallest absolute Gasteiger partial charge is 0.316 e. The molecule has 0 saturated carbocycles. The van der Waals surface area contributed by atoms with Gasteiger partial charge in [0.2, 0.25) is 0 Å². The van der Waals surface area contributed by atoms with Crippen LogP contribution < -0.4 is 0 Å². The number of hydrogen-bond acceptors (Lipinski definition) is 4. The molecule has 1 heterocycles. The van der Waals surface area contributed by atoms with Crippen LogP contribution in [0, 0.1) is 5.92 Å². The normalized spacial score (nSPS) is 21.2. The lowest BCUT2D eigenvalue weighted by Crippen LogP contribution is -2.37. The number of thiocarbonyl (C=S) groups is 1. The maximum atomic E-state index is 10.9. The largest absolute Gasteiger partial charge is 0.468 e. The van der Waals surface area contributed by atoms with E-state index in [0.717, 1.165) is 17.4 Å². The summed E-state index contributed by atoms with van der Waals surface area (Å²) in [5, 5.41) is 0. The van der Waals surface area contributed by atoms with Gasteiger partial charge in [-0.25, -0.2) is 0 Å². The fraction of sp³-hybridized carbons (Fsp3) is 0.800. The number of carbonyl (C=O) groups excluding carboxylic acids is 1. The molecule has 15 heavy (non-hydrogen) atoms. The van der Waals surface area contributed by atoms with Gasteiger partial charge in [-0.3, -0.25) is 4.79 Å². The molecule has 1 aliphatic rings. The van der Waals surface area contributed by atoms with E-state index in [1.165, 1.54) is 31.7 Å². The van der Waals surface area contributed by atoms with E-state index < -0.39 is 0 Å². The fourth-order valence-electron chi connectivity index (χ4n) is 1.63. The highest BCUT2D eigenvalue weighted by molar-refractivity contribution is 8.23. The lowest BCUT2D eigenvalue weighted by atomic mass is 10.0. The van der Waals surface area contributed by atoms with Gasteiger partial charge >= 0.3 is 5.97 Å². The minimum Gasteiger partial charge on any atom is -0.468 e. The first-order valence-electron chi connectivity index (χ1n) is 5.12. The van der Waals surface area contributed by atoms with Crippen molar-refractivity contribution in [2.24, 2.45) is 5.92 Å². The van der Waals surface area contributed by atoms with Gasteiger partial charge in [0.15, 0.2) is 0 Å². The molecule has 1 atom stereocenters. The standard InChI is InChI=1S/C10H17NO2S2/c1-8-4-3-5-11(6-8)10(14)15-7-9(12)13-2/h8H,3-7H2,1-2H3/t8-/m1/s1. The number of carbonyl (C=O) groups is 1. The lowest BCUT2D eigenvalue weighted by molar-refractivity contribution is -0.137. The molecule has 5 heteroatoms. The molecule has 0 aromatic heterocycles. The predicted molar refractivity (Wildman–Crippen MR) is 67.0 cm³/mol. The third-order valence-corrected chi connectivity index (χ3v) is 3.95. The number of likely N-dealkylation sites (tertiary alicyclic amines) is 1. The van der Waals surface area contributed by atoms with E-state index in [1.807, 2.05) is 0 Å². The van der Waals surface area contributed by atoms with Crippen molar-refractivity contribution in [1.29, 1.82) is 0 Å². The van der Waals surface area contributed by atoms with Gasteiger partial charge in [0.1, 0.15) is 4.32 Å². The quantitative estimate of drug-likeness (QED) is 0.549. The van der Waals surface area contributed by atoms with Crippen LogP contribution in [0.25, 0.3) is 0 Å². The van der Waals surface area contributed by atoms with Crippen LogP contribution in [0.4, 0.5) is 0 Å². The first kappa shape index (κ1) is 12.8. The second kappa shape index (κ2) is 6.33. The van der Waals surface area contributed by atoms with Crippen LogP contribution in [0.2, 0.25) is 0 Å². The van der Waals surface area contributed by atoms with Crippen molar-refractivity contribution in [2.45, 2.75) is 19.8 Å². The molecule has 3 nitrogen and oxygen atoms in total. The summed E-state index contributed by atoms with van der Waals surface area (Å²) < 4.78 is 5.40. The summed E-state index contributed by atoms with van der Waals surface area (Å²) in [7, 11) is 1.40. The van der Waals surface area contributed by atoms with Gasteiger partial charge in [-0.05, 0) is 18.8 Å². The maximum Gasteiger partial charge on any atom is 0.316 e. The van der Waals surface area contributed by atoms with Crippen molar-refractivity contribution in [2.75, 3.05) is 26.0 Å². The topological polar surface area (TPSA) is 29.5 Å². The molecule has 0 amide bonds. The molecular weight excluding hydrogens is 230 g/mol. The monoisotopic (exact) mass is 247 g/mol. The number of nitrogens with zero attached hydrogens (tertiary/aromatic N) is 1. The summed E-state index contributed by atoms with van der Waals surface area (Å²) in [6, 6.07) is 0. The van der Waals surface area contributed by atoms with Crippen LogP contribution >= 0.6 is 24.0 Å². The Morgan fingerprint density at radius 2 is 2.40 bits per heavy atom. The van der Waals surface area contributed by atoms with E-state index in [9.17, 15) is 4.79 Å². The summed E-state index contributed by atoms with van der Waals surface area (Å²) in [6.07, 6.45) is 2.47. The third-order valence-electron chi connectivity index (χ3n) is 2.46. The zero-order valence-corrected chi connectivity index (χ0v) is 10.8. The van der Waals surface area contributed by atoms with Crippen LogP contribution in [0.3, 0.4) is 0 Å². The fourth-order valence-corrected chi connectivity index (χ4v) is 2.68. The second-order valence-corrected chi connectivity index (χ2v) is 5.43. The van der Waals surface area contributed by atoms with Crippen LogP contribution in [-0.2, 0) is 9.53 Å². The van der Waals surface area contributed by atoms with Gasteiger partial charge in [-0.2, -0.15) is 0 Å². The summed E-state index contributed by atoms with van der Waals surface area (Å²) in [4.78, 5) is 13.1. The number of esters is 1. The van der Waals surface area contributed by atoms with Gasteiger partial charge in [-0.15, -0.1) is 0 Å². The van der Waals surface area contributed by atoms with Crippen LogP contribution in [0.5, 0.6) is 0 Å². The summed E-state index contributed by atoms with van der Waals surface area (Å²) >= 11 is 6.67. The zero-order chi connectivity index (χ0) is 11.3. The van der Waals surface area contributed by atoms with Gasteiger partial charge in [0.25, 0.3) is 0 Å². The van der Waals surface area contributed by atoms with E-state index >= 15 is 0 Å². The maximum absolute atomic E-state index is 10.9. The molecule has 0 unspecified atom stereocenters. The highest BCUT2D eigenvalue weighted by Crippen LogP contribution is 2.19. The summed E-state index contributed by atoms with van der Waals surface area (Å²) in [6.45, 7) is 4.28. The molecule has 0 aliphatic carbocycles. The van der Waals surface area contributed by atoms with Gasteiger partial charge < -0.3 is 9.64 Å². The Bertz CT molecular complexity index is 246. The van der Waals surface area contributed by atoms with Crippen molar-refractivity contribution >= 4 is 34.3 Å². The highest BCUT2D eigenvalue weighted by atomic mass is 32.2. The van der Waals surface area contributed by atoms with Crippen molar-refractivity contribution in [3.63, 3.8) is 0 Å². The molecule has 86 valence electrons. The molecule has 0 spiro atoms. The van der Waals surface area contributed by atoms with Crippen molar-refractivity contribution in [3.05, 3.63) is 0 Å². The molecule has 0 bridgehead atoms. The Morgan fingerprint density at radius 1 is 1.67 bits per heavy atom. The van der Waals surface area contributed by atoms with Crippen LogP contribution in [-0.4, -0.2) is 41.1 Å². The molecule has 1 aliphatic heterocycles. The Hall–Kier alpha value is -0.290. The molecule has 0 aromatic rings. The SMILES string of the molecule is COC(=O)CSC(=S)N1CCC[C@@H](C)C1. The Morgan fingerprint density at radius 3 is 3.00 bits per heavy atom. The van der Waals surface area contributed by atoms with E-state index in [0.29, 0.717) is 11.7 Å². The summed E-state index contributed by atoms with van der Waals surface area (Å²) in [5.41, 5.74) is 0. The Balaban J connectivity index is 2.30. The number of rotatable bonds is 2. The molecule has 0 N–H and O–H groups in total. The first-order chi connectivity index (χ1) is 7.13. The molecule has 1 fully saturated rings. The Kier molecular flexibility index (Phi) is 5.39. The van der Waals surface area contributed by atoms with Gasteiger partial charge in [0, 0.05) is 13.1 Å². The van der Waals surface area contributed by atoms with Crippen LogP contribution in [0.1, 0.15) is 19.8 Å². The highest BCUT2D eigenvalue weighted by Gasteiger charge is 2.19. The molecule has 1 rings (SSSR count). The lowest BCUT2D eigenvalue weighted by Gasteiger charge is -2.32. The van der Waals surface area contributed by atoms with E-state index in [2.05, 4.69) is 16.6 Å².